The van der Waals surface area contributed by atoms with Crippen molar-refractivity contribution < 1.29 is 23.8 Å². The lowest BCUT2D eigenvalue weighted by molar-refractivity contribution is -0.127. The number of ether oxygens (including phenoxy) is 1. The quantitative estimate of drug-likeness (QED) is 0.810. The largest absolute Gasteiger partial charge is 0.480 e. The van der Waals surface area contributed by atoms with Crippen LogP contribution in [0.3, 0.4) is 0 Å². The maximum absolute atomic E-state index is 13.2. The van der Waals surface area contributed by atoms with Crippen molar-refractivity contribution in [2.75, 3.05) is 6.54 Å². The van der Waals surface area contributed by atoms with Crippen LogP contribution in [0.25, 0.3) is 0 Å². The lowest BCUT2D eigenvalue weighted by Crippen LogP contribution is -2.37. The van der Waals surface area contributed by atoms with Crippen molar-refractivity contribution in [3.8, 4) is 5.75 Å². The lowest BCUT2D eigenvalue weighted by Gasteiger charge is -2.16. The van der Waals surface area contributed by atoms with E-state index in [9.17, 15) is 14.0 Å². The molecule has 0 aromatic heterocycles. The molecule has 0 saturated heterocycles. The fraction of sp³-hybridized carbons (Fsp3) is 0.467. The average molecular weight is 297 g/mol. The number of carbonyl (C=O) groups is 2. The van der Waals surface area contributed by atoms with Gasteiger partial charge in [0, 0.05) is 12.6 Å². The van der Waals surface area contributed by atoms with Crippen molar-refractivity contribution in [1.82, 2.24) is 5.32 Å². The molecule has 116 valence electrons. The average Bonchev–Trinajstić information content (AvgIpc) is 2.37. The SMILES string of the molecule is CC(C)CCNC(=O)C(C)Oc1cc(F)ccc1C(=O)O. The van der Waals surface area contributed by atoms with Gasteiger partial charge in [0.25, 0.3) is 5.91 Å². The van der Waals surface area contributed by atoms with Crippen molar-refractivity contribution >= 4 is 11.9 Å². The van der Waals surface area contributed by atoms with Crippen molar-refractivity contribution in [3.05, 3.63) is 29.6 Å². The Hall–Kier alpha value is -2.11. The van der Waals surface area contributed by atoms with Crippen LogP contribution in [0.5, 0.6) is 5.75 Å². The molecule has 1 unspecified atom stereocenters. The van der Waals surface area contributed by atoms with Gasteiger partial charge in [-0.05, 0) is 31.4 Å². The molecule has 1 rings (SSSR count). The van der Waals surface area contributed by atoms with Gasteiger partial charge in [0.05, 0.1) is 0 Å². The smallest absolute Gasteiger partial charge is 0.339 e. The third kappa shape index (κ3) is 5.41. The highest BCUT2D eigenvalue weighted by molar-refractivity contribution is 5.91. The number of carboxylic acid groups (broad SMARTS) is 1. The normalized spacial score (nSPS) is 12.0. The van der Waals surface area contributed by atoms with Gasteiger partial charge in [0.15, 0.2) is 6.10 Å². The summed E-state index contributed by atoms with van der Waals surface area (Å²) in [7, 11) is 0. The van der Waals surface area contributed by atoms with Crippen LogP contribution in [-0.2, 0) is 4.79 Å². The van der Waals surface area contributed by atoms with Crippen LogP contribution in [0, 0.1) is 11.7 Å². The molecule has 0 aliphatic heterocycles. The number of carboxylic acids is 1. The fourth-order valence-electron chi connectivity index (χ4n) is 1.64. The Labute approximate surface area is 123 Å². The third-order valence-corrected chi connectivity index (χ3v) is 2.87. The molecule has 1 atom stereocenters. The number of halogens is 1. The summed E-state index contributed by atoms with van der Waals surface area (Å²) in [4.78, 5) is 22.8. The predicted octanol–water partition coefficient (Wildman–Crippen LogP) is 2.45. The summed E-state index contributed by atoms with van der Waals surface area (Å²) in [5.41, 5.74) is -0.182. The van der Waals surface area contributed by atoms with E-state index in [1.54, 1.807) is 0 Å². The summed E-state index contributed by atoms with van der Waals surface area (Å²) in [6.45, 7) is 6.08. The topological polar surface area (TPSA) is 75.6 Å². The van der Waals surface area contributed by atoms with Gasteiger partial charge in [0.1, 0.15) is 17.1 Å². The van der Waals surface area contributed by atoms with Gasteiger partial charge in [-0.3, -0.25) is 4.79 Å². The van der Waals surface area contributed by atoms with Crippen LogP contribution in [0.2, 0.25) is 0 Å². The van der Waals surface area contributed by atoms with E-state index in [1.165, 1.54) is 6.92 Å². The molecule has 0 saturated carbocycles. The summed E-state index contributed by atoms with van der Waals surface area (Å²) in [5.74, 6) is -1.92. The zero-order chi connectivity index (χ0) is 16.0. The molecule has 0 spiro atoms. The van der Waals surface area contributed by atoms with Crippen LogP contribution < -0.4 is 10.1 Å². The van der Waals surface area contributed by atoms with E-state index in [0.717, 1.165) is 24.6 Å². The number of amides is 1. The van der Waals surface area contributed by atoms with E-state index in [4.69, 9.17) is 9.84 Å². The monoisotopic (exact) mass is 297 g/mol. The van der Waals surface area contributed by atoms with Crippen LogP contribution in [0.4, 0.5) is 4.39 Å². The second-order valence-electron chi connectivity index (χ2n) is 5.18. The van der Waals surface area contributed by atoms with Gasteiger partial charge >= 0.3 is 5.97 Å². The number of rotatable bonds is 7. The molecule has 1 amide bonds. The highest BCUT2D eigenvalue weighted by atomic mass is 19.1. The predicted molar refractivity (Wildman–Crippen MR) is 75.9 cm³/mol. The molecular weight excluding hydrogens is 277 g/mol. The standard InChI is InChI=1S/C15H20FNO4/c1-9(2)6-7-17-14(18)10(3)21-13-8-11(16)4-5-12(13)15(19)20/h4-5,8-10H,6-7H2,1-3H3,(H,17,18)(H,19,20). The van der Waals surface area contributed by atoms with E-state index in [0.29, 0.717) is 12.5 Å². The molecule has 21 heavy (non-hydrogen) atoms. The van der Waals surface area contributed by atoms with E-state index >= 15 is 0 Å². The second kappa shape index (κ2) is 7.61. The number of hydrogen-bond acceptors (Lipinski definition) is 3. The Balaban J connectivity index is 2.69. The zero-order valence-corrected chi connectivity index (χ0v) is 12.4. The van der Waals surface area contributed by atoms with Gasteiger partial charge in [-0.15, -0.1) is 0 Å². The summed E-state index contributed by atoms with van der Waals surface area (Å²) in [6.07, 6.45) is -0.0734. The first kappa shape index (κ1) is 16.9. The van der Waals surface area contributed by atoms with E-state index in [1.807, 2.05) is 13.8 Å². The maximum Gasteiger partial charge on any atom is 0.339 e. The van der Waals surface area contributed by atoms with E-state index in [2.05, 4.69) is 5.32 Å². The Morgan fingerprint density at radius 2 is 2.00 bits per heavy atom. The molecule has 0 fully saturated rings. The summed E-state index contributed by atoms with van der Waals surface area (Å²) in [6, 6.07) is 3.10. The summed E-state index contributed by atoms with van der Waals surface area (Å²) in [5, 5.41) is 11.7. The molecule has 2 N–H and O–H groups in total. The highest BCUT2D eigenvalue weighted by Crippen LogP contribution is 2.21. The molecule has 0 bridgehead atoms. The molecule has 1 aromatic carbocycles. The lowest BCUT2D eigenvalue weighted by atomic mass is 10.1. The first-order valence-corrected chi connectivity index (χ1v) is 6.78. The molecule has 1 aromatic rings. The minimum atomic E-state index is -1.24. The van der Waals surface area contributed by atoms with Crippen molar-refractivity contribution in [2.45, 2.75) is 33.3 Å². The summed E-state index contributed by atoms with van der Waals surface area (Å²) >= 11 is 0. The number of aromatic carboxylic acids is 1. The third-order valence-electron chi connectivity index (χ3n) is 2.87. The number of nitrogens with one attached hydrogen (secondary N) is 1. The molecule has 0 aliphatic rings. The first-order chi connectivity index (χ1) is 9.81. The fourth-order valence-corrected chi connectivity index (χ4v) is 1.64. The van der Waals surface area contributed by atoms with Gasteiger partial charge in [-0.1, -0.05) is 13.8 Å². The van der Waals surface area contributed by atoms with Gasteiger partial charge < -0.3 is 15.2 Å². The Bertz CT molecular complexity index is 516. The Kier molecular flexibility index (Phi) is 6.14. The minimum absolute atomic E-state index is 0.158. The molecular formula is C15H20FNO4. The molecule has 5 nitrogen and oxygen atoms in total. The minimum Gasteiger partial charge on any atom is -0.480 e. The van der Waals surface area contributed by atoms with Crippen molar-refractivity contribution in [1.29, 1.82) is 0 Å². The van der Waals surface area contributed by atoms with E-state index in [-0.39, 0.29) is 17.2 Å². The van der Waals surface area contributed by atoms with Gasteiger partial charge in [0.2, 0.25) is 0 Å². The molecule has 0 aliphatic carbocycles. The summed E-state index contributed by atoms with van der Waals surface area (Å²) < 4.78 is 18.5. The zero-order valence-electron chi connectivity index (χ0n) is 12.4. The molecule has 0 heterocycles. The second-order valence-corrected chi connectivity index (χ2v) is 5.18. The van der Waals surface area contributed by atoms with Gasteiger partial charge in [-0.2, -0.15) is 0 Å². The number of benzene rings is 1. The molecule has 0 radical (unpaired) electrons. The Morgan fingerprint density at radius 3 is 2.57 bits per heavy atom. The number of carbonyl (C=O) groups excluding carboxylic acids is 1. The highest BCUT2D eigenvalue weighted by Gasteiger charge is 2.19. The molecule has 6 heteroatoms. The maximum atomic E-state index is 13.2. The first-order valence-electron chi connectivity index (χ1n) is 6.78. The van der Waals surface area contributed by atoms with Crippen LogP contribution in [0.15, 0.2) is 18.2 Å². The van der Waals surface area contributed by atoms with Crippen molar-refractivity contribution in [2.24, 2.45) is 5.92 Å². The van der Waals surface area contributed by atoms with Crippen LogP contribution in [0.1, 0.15) is 37.6 Å². The number of hydrogen-bond donors (Lipinski definition) is 2. The van der Waals surface area contributed by atoms with Crippen molar-refractivity contribution in [3.63, 3.8) is 0 Å². The van der Waals surface area contributed by atoms with Crippen LogP contribution in [-0.4, -0.2) is 29.6 Å². The van der Waals surface area contributed by atoms with E-state index < -0.39 is 17.9 Å². The van der Waals surface area contributed by atoms with Crippen LogP contribution >= 0.6 is 0 Å². The Morgan fingerprint density at radius 1 is 1.33 bits per heavy atom. The van der Waals surface area contributed by atoms with Gasteiger partial charge in [-0.25, -0.2) is 9.18 Å².